The molecule has 0 radical (unpaired) electrons. The molecule has 0 aliphatic heterocycles. The van der Waals surface area contributed by atoms with Gasteiger partial charge in [-0.3, -0.25) is 4.79 Å². The van der Waals surface area contributed by atoms with Gasteiger partial charge in [-0.2, -0.15) is 0 Å². The Morgan fingerprint density at radius 1 is 0.935 bits per heavy atom. The van der Waals surface area contributed by atoms with E-state index in [1.54, 1.807) is 0 Å². The van der Waals surface area contributed by atoms with E-state index < -0.39 is 0 Å². The molecule has 2 atom stereocenters. The van der Waals surface area contributed by atoms with Crippen molar-refractivity contribution in [1.29, 1.82) is 0 Å². The number of pyridine rings is 1. The van der Waals surface area contributed by atoms with Gasteiger partial charge in [0.1, 0.15) is 0 Å². The zero-order valence-corrected chi connectivity index (χ0v) is 18.4. The van der Waals surface area contributed by atoms with Gasteiger partial charge in [0.15, 0.2) is 0 Å². The van der Waals surface area contributed by atoms with Crippen LogP contribution in [-0.2, 0) is 9.53 Å². The van der Waals surface area contributed by atoms with Crippen LogP contribution < -0.4 is 0 Å². The zero-order valence-electron chi connectivity index (χ0n) is 18.4. The van der Waals surface area contributed by atoms with E-state index >= 15 is 0 Å². The molecule has 0 saturated heterocycles. The molecular formula is C28H29NO2. The van der Waals surface area contributed by atoms with Gasteiger partial charge >= 0.3 is 5.97 Å². The second-order valence-corrected chi connectivity index (χ2v) is 8.16. The molecule has 0 amide bonds. The molecule has 0 bridgehead atoms. The Morgan fingerprint density at radius 2 is 1.65 bits per heavy atom. The molecule has 2 heterocycles. The first-order valence-corrected chi connectivity index (χ1v) is 11.0. The first kappa shape index (κ1) is 20.9. The molecule has 4 rings (SSSR count). The average molecular weight is 412 g/mol. The van der Waals surface area contributed by atoms with E-state index in [1.165, 1.54) is 40.4 Å². The molecular weight excluding hydrogens is 382 g/mol. The van der Waals surface area contributed by atoms with E-state index in [0.717, 1.165) is 12.8 Å². The van der Waals surface area contributed by atoms with Crippen molar-refractivity contribution in [3.8, 4) is 22.3 Å². The van der Waals surface area contributed by atoms with Crippen LogP contribution in [0.25, 0.3) is 27.8 Å². The second kappa shape index (κ2) is 9.22. The molecule has 0 aliphatic carbocycles. The summed E-state index contributed by atoms with van der Waals surface area (Å²) in [5, 5.41) is 0. The van der Waals surface area contributed by atoms with Crippen LogP contribution >= 0.6 is 0 Å². The minimum atomic E-state index is -0.112. The molecule has 158 valence electrons. The lowest BCUT2D eigenvalue weighted by atomic mass is 9.88. The predicted molar refractivity (Wildman–Crippen MR) is 127 cm³/mol. The molecule has 3 heteroatoms. The molecule has 0 spiro atoms. The van der Waals surface area contributed by atoms with Crippen LogP contribution in [0, 0.1) is 5.92 Å². The summed E-state index contributed by atoms with van der Waals surface area (Å²) in [6, 6.07) is 25.7. The van der Waals surface area contributed by atoms with Crippen molar-refractivity contribution in [3.63, 3.8) is 0 Å². The van der Waals surface area contributed by atoms with Crippen LogP contribution in [-0.4, -0.2) is 17.5 Å². The van der Waals surface area contributed by atoms with Crippen molar-refractivity contribution in [2.24, 2.45) is 5.92 Å². The number of esters is 1. The quantitative estimate of drug-likeness (QED) is 0.308. The molecule has 31 heavy (non-hydrogen) atoms. The maximum absolute atomic E-state index is 12.0. The van der Waals surface area contributed by atoms with Gasteiger partial charge in [-0.05, 0) is 47.6 Å². The molecule has 2 aromatic carbocycles. The standard InChI is InChI=1S/C28H29NO2/c1-4-21(28(30)31-3)18-20(2)22-13-15-23(16-14-22)25-19-29-17-9-8-12-26(29)27(25)24-10-6-5-7-11-24/h5-17,19-21H,4,18H2,1-3H3. The Balaban J connectivity index is 1.68. The lowest BCUT2D eigenvalue weighted by molar-refractivity contribution is -0.145. The lowest BCUT2D eigenvalue weighted by Gasteiger charge is -2.18. The summed E-state index contributed by atoms with van der Waals surface area (Å²) >= 11 is 0. The smallest absolute Gasteiger partial charge is 0.308 e. The number of aromatic nitrogens is 1. The Labute approximate surface area is 184 Å². The molecule has 0 saturated carbocycles. The third-order valence-corrected chi connectivity index (χ3v) is 6.20. The van der Waals surface area contributed by atoms with E-state index in [1.807, 2.05) is 6.92 Å². The van der Waals surface area contributed by atoms with E-state index in [9.17, 15) is 4.79 Å². The summed E-state index contributed by atoms with van der Waals surface area (Å²) in [7, 11) is 1.47. The van der Waals surface area contributed by atoms with Crippen LogP contribution in [0.15, 0.2) is 85.2 Å². The number of rotatable bonds is 7. The monoisotopic (exact) mass is 411 g/mol. The zero-order chi connectivity index (χ0) is 21.8. The molecule has 0 aliphatic rings. The van der Waals surface area contributed by atoms with Gasteiger partial charge in [0.25, 0.3) is 0 Å². The van der Waals surface area contributed by atoms with Gasteiger partial charge in [-0.15, -0.1) is 0 Å². The second-order valence-electron chi connectivity index (χ2n) is 8.16. The average Bonchev–Trinajstić information content (AvgIpc) is 3.22. The Morgan fingerprint density at radius 3 is 2.32 bits per heavy atom. The van der Waals surface area contributed by atoms with Crippen LogP contribution in [0.5, 0.6) is 0 Å². The molecule has 2 unspecified atom stereocenters. The van der Waals surface area contributed by atoms with Crippen molar-refractivity contribution in [1.82, 2.24) is 4.40 Å². The minimum Gasteiger partial charge on any atom is -0.469 e. The van der Waals surface area contributed by atoms with E-state index in [4.69, 9.17) is 4.74 Å². The third kappa shape index (κ3) is 4.27. The summed E-state index contributed by atoms with van der Waals surface area (Å²) in [6.07, 6.45) is 5.90. The molecule has 3 nitrogen and oxygen atoms in total. The number of ether oxygens (including phenoxy) is 1. The van der Waals surface area contributed by atoms with Crippen LogP contribution in [0.4, 0.5) is 0 Å². The van der Waals surface area contributed by atoms with Crippen LogP contribution in [0.1, 0.15) is 38.2 Å². The highest BCUT2D eigenvalue weighted by Crippen LogP contribution is 2.37. The van der Waals surface area contributed by atoms with Gasteiger partial charge in [-0.25, -0.2) is 0 Å². The summed E-state index contributed by atoms with van der Waals surface area (Å²) in [6.45, 7) is 4.23. The number of methoxy groups -OCH3 is 1. The van der Waals surface area contributed by atoms with Gasteiger partial charge in [0, 0.05) is 23.5 Å². The molecule has 0 fully saturated rings. The summed E-state index contributed by atoms with van der Waals surface area (Å²) in [5.74, 6) is 0.125. The number of carbonyl (C=O) groups is 1. The number of nitrogens with zero attached hydrogens (tertiary/aromatic N) is 1. The first-order valence-electron chi connectivity index (χ1n) is 11.0. The van der Waals surface area contributed by atoms with Gasteiger partial charge in [-0.1, -0.05) is 74.5 Å². The summed E-state index contributed by atoms with van der Waals surface area (Å²) < 4.78 is 7.15. The van der Waals surface area contributed by atoms with Crippen molar-refractivity contribution in [2.75, 3.05) is 7.11 Å². The Bertz CT molecular complexity index is 1160. The first-order chi connectivity index (χ1) is 15.1. The van der Waals surface area contributed by atoms with Crippen molar-refractivity contribution in [2.45, 2.75) is 32.6 Å². The highest BCUT2D eigenvalue weighted by atomic mass is 16.5. The maximum Gasteiger partial charge on any atom is 0.308 e. The third-order valence-electron chi connectivity index (χ3n) is 6.20. The Hall–Kier alpha value is -3.33. The largest absolute Gasteiger partial charge is 0.469 e. The van der Waals surface area contributed by atoms with Crippen molar-refractivity contribution >= 4 is 11.5 Å². The highest BCUT2D eigenvalue weighted by Gasteiger charge is 2.21. The fraction of sp³-hybridized carbons (Fsp3) is 0.250. The van der Waals surface area contributed by atoms with E-state index in [-0.39, 0.29) is 11.9 Å². The fourth-order valence-corrected chi connectivity index (χ4v) is 4.40. The molecule has 0 N–H and O–H groups in total. The van der Waals surface area contributed by atoms with Gasteiger partial charge < -0.3 is 9.14 Å². The molecule has 4 aromatic rings. The van der Waals surface area contributed by atoms with Gasteiger partial charge in [0.05, 0.1) is 18.5 Å². The SMILES string of the molecule is CCC(CC(C)c1ccc(-c2cn3ccccc3c2-c2ccccc2)cc1)C(=O)OC. The number of carbonyl (C=O) groups excluding carboxylic acids is 1. The fourth-order valence-electron chi connectivity index (χ4n) is 4.40. The number of hydrogen-bond acceptors (Lipinski definition) is 2. The van der Waals surface area contributed by atoms with Crippen molar-refractivity contribution < 1.29 is 9.53 Å². The number of benzene rings is 2. The van der Waals surface area contributed by atoms with Gasteiger partial charge in [0.2, 0.25) is 0 Å². The lowest BCUT2D eigenvalue weighted by Crippen LogP contribution is -2.17. The minimum absolute atomic E-state index is 0.0545. The van der Waals surface area contributed by atoms with Crippen LogP contribution in [0.3, 0.4) is 0 Å². The van der Waals surface area contributed by atoms with E-state index in [0.29, 0.717) is 5.92 Å². The predicted octanol–water partition coefficient (Wildman–Crippen LogP) is 6.97. The summed E-state index contributed by atoms with van der Waals surface area (Å²) in [4.78, 5) is 12.0. The summed E-state index contributed by atoms with van der Waals surface area (Å²) in [5.41, 5.74) is 7.32. The van der Waals surface area contributed by atoms with E-state index in [2.05, 4.69) is 96.5 Å². The van der Waals surface area contributed by atoms with Crippen molar-refractivity contribution in [3.05, 3.63) is 90.8 Å². The topological polar surface area (TPSA) is 30.7 Å². The van der Waals surface area contributed by atoms with Crippen LogP contribution in [0.2, 0.25) is 0 Å². The maximum atomic E-state index is 12.0. The highest BCUT2D eigenvalue weighted by molar-refractivity contribution is 5.94. The number of fused-ring (bicyclic) bond motifs is 1. The Kier molecular flexibility index (Phi) is 6.22. The molecule has 2 aromatic heterocycles. The number of hydrogen-bond donors (Lipinski definition) is 0. The normalized spacial score (nSPS) is 13.1.